The fourth-order valence-corrected chi connectivity index (χ4v) is 0. The maximum atomic E-state index is 5.22. The summed E-state index contributed by atoms with van der Waals surface area (Å²) in [6.07, 6.45) is 4.12. The Morgan fingerprint density at radius 3 is 1.80 bits per heavy atom. The molecule has 2 heteroatoms. The Bertz CT molecular complexity index is 44.9. The Balaban J connectivity index is 3.14. The second-order valence-electron chi connectivity index (χ2n) is 0.969. The van der Waals surface area contributed by atoms with Crippen molar-refractivity contribution in [3.63, 3.8) is 0 Å². The quantitative estimate of drug-likeness (QED) is 0.328. The molecule has 0 aromatic rings. The lowest BCUT2D eigenvalue weighted by molar-refractivity contribution is 2.36. The first-order chi connectivity index (χ1) is 2.27. The van der Waals surface area contributed by atoms with Gasteiger partial charge in [0.1, 0.15) is 0 Å². The van der Waals surface area contributed by atoms with Crippen LogP contribution in [0.3, 0.4) is 0 Å². The normalized spacial score (nSPS) is 8.80. The minimum Gasteiger partial charge on any atom is -0.181 e. The molecular weight excluding hydrogens is 104 g/mol. The molecule has 0 aliphatic heterocycles. The van der Waals surface area contributed by atoms with Crippen LogP contribution < -0.4 is 0 Å². The van der Waals surface area contributed by atoms with Crippen molar-refractivity contribution >= 4 is 26.9 Å². The Labute approximate surface area is 40.1 Å². The molecule has 0 aromatic heterocycles. The van der Waals surface area contributed by atoms with Crippen molar-refractivity contribution in [2.45, 2.75) is 0 Å². The maximum Gasteiger partial charge on any atom is 0.0273 e. The summed E-state index contributed by atoms with van der Waals surface area (Å²) >= 11 is 5.22. The van der Waals surface area contributed by atoms with E-state index in [0.29, 0.717) is 10.5 Å². The van der Waals surface area contributed by atoms with Crippen LogP contribution in [0.15, 0.2) is 0 Å². The topological polar surface area (TPSA) is 0 Å². The monoisotopic (exact) mass is 110 g/mol. The third-order valence-electron chi connectivity index (χ3n) is 0.178. The van der Waals surface area contributed by atoms with Gasteiger partial charge in [-0.1, -0.05) is 11.6 Å². The Morgan fingerprint density at radius 1 is 1.60 bits per heavy atom. The van der Waals surface area contributed by atoms with Gasteiger partial charge in [-0.3, -0.25) is 0 Å². The van der Waals surface area contributed by atoms with E-state index in [1.54, 1.807) is 4.83 Å². The van der Waals surface area contributed by atoms with Crippen LogP contribution in [-0.2, 0) is 0 Å². The van der Waals surface area contributed by atoms with Crippen molar-refractivity contribution in [1.29, 1.82) is 0 Å². The fraction of sp³-hybridized carbons (Fsp3) is 0.667. The predicted molar refractivity (Wildman–Crippen MR) is 31.4 cm³/mol. The average molecular weight is 111 g/mol. The molecule has 0 unspecified atom stereocenters. The minimum absolute atomic E-state index is 0.318. The summed E-state index contributed by atoms with van der Waals surface area (Å²) in [4.78, 5) is 1.67. The number of hydrogen-bond acceptors (Lipinski definition) is 0. The van der Waals surface area contributed by atoms with Crippen LogP contribution >= 0.6 is 22.1 Å². The van der Waals surface area contributed by atoms with Crippen molar-refractivity contribution in [3.8, 4) is 0 Å². The van der Waals surface area contributed by atoms with E-state index in [1.165, 1.54) is 0 Å². The molecule has 0 aliphatic rings. The average Bonchev–Trinajstić information content (AvgIpc) is 1.38. The molecule has 0 saturated carbocycles. The first kappa shape index (κ1) is 5.51. The highest BCUT2D eigenvalue weighted by Gasteiger charge is 1.59. The van der Waals surface area contributed by atoms with E-state index in [4.69, 9.17) is 11.6 Å². The first-order valence-corrected chi connectivity index (χ1v) is 3.81. The van der Waals surface area contributed by atoms with Crippen molar-refractivity contribution in [2.75, 3.05) is 12.5 Å². The molecule has 0 rings (SSSR count). The summed E-state index contributed by atoms with van der Waals surface area (Å²) in [7, 11) is 0.318. The van der Waals surface area contributed by atoms with Crippen LogP contribution in [-0.4, -0.2) is 17.3 Å². The maximum absolute atomic E-state index is 5.22. The molecule has 0 atom stereocenters. The Hall–Kier alpha value is 0.510. The Morgan fingerprint density at radius 2 is 1.80 bits per heavy atom. The molecule has 0 heterocycles. The largest absolute Gasteiger partial charge is 0.181 e. The molecule has 0 aliphatic carbocycles. The summed E-state index contributed by atoms with van der Waals surface area (Å²) in [5.74, 6) is 0. The summed E-state index contributed by atoms with van der Waals surface area (Å²) in [5.41, 5.74) is 0. The van der Waals surface area contributed by atoms with Gasteiger partial charge in [-0.15, -0.1) is 0 Å². The van der Waals surface area contributed by atoms with Gasteiger partial charge in [-0.2, -0.15) is 10.5 Å². The summed E-state index contributed by atoms with van der Waals surface area (Å²) in [5, 5.41) is 0. The van der Waals surface area contributed by atoms with E-state index in [-0.39, 0.29) is 0 Å². The summed E-state index contributed by atoms with van der Waals surface area (Å²) < 4.78 is 0. The van der Waals surface area contributed by atoms with Gasteiger partial charge in [0.15, 0.2) is 0 Å². The molecule has 0 fully saturated rings. The SMILES string of the molecule is CS(C)=CCl. The lowest BCUT2D eigenvalue weighted by Crippen LogP contribution is -1.51. The number of hydrogen-bond donors (Lipinski definition) is 0. The van der Waals surface area contributed by atoms with E-state index in [2.05, 4.69) is 12.5 Å². The predicted octanol–water partition coefficient (Wildman–Crippen LogP) is 1.51. The van der Waals surface area contributed by atoms with Gasteiger partial charge in [-0.25, -0.2) is 0 Å². The zero-order valence-corrected chi connectivity index (χ0v) is 4.94. The molecule has 32 valence electrons. The van der Waals surface area contributed by atoms with Gasteiger partial charge in [0.05, 0.1) is 0 Å². The molecular formula is C3H7ClS. The summed E-state index contributed by atoms with van der Waals surface area (Å²) in [6, 6.07) is 0. The molecule has 0 nitrogen and oxygen atoms in total. The van der Waals surface area contributed by atoms with Gasteiger partial charge in [-0.05, 0) is 12.5 Å². The molecule has 0 radical (unpaired) electrons. The fourth-order valence-electron chi connectivity index (χ4n) is 0. The second kappa shape index (κ2) is 2.73. The van der Waals surface area contributed by atoms with Crippen molar-refractivity contribution in [2.24, 2.45) is 0 Å². The highest BCUT2D eigenvalue weighted by atomic mass is 35.5. The molecule has 0 aromatic carbocycles. The van der Waals surface area contributed by atoms with Crippen molar-refractivity contribution < 1.29 is 0 Å². The van der Waals surface area contributed by atoms with Crippen LogP contribution in [0.5, 0.6) is 0 Å². The number of rotatable bonds is 0. The highest BCUT2D eigenvalue weighted by molar-refractivity contribution is 8.15. The lowest BCUT2D eigenvalue weighted by Gasteiger charge is -1.76. The summed E-state index contributed by atoms with van der Waals surface area (Å²) in [6.45, 7) is 0. The van der Waals surface area contributed by atoms with Crippen LogP contribution in [0.25, 0.3) is 0 Å². The third kappa shape index (κ3) is 4.51. The molecule has 0 spiro atoms. The highest BCUT2D eigenvalue weighted by Crippen LogP contribution is 1.94. The molecule has 0 amide bonds. The smallest absolute Gasteiger partial charge is 0.0273 e. The first-order valence-electron chi connectivity index (χ1n) is 1.27. The van der Waals surface area contributed by atoms with Gasteiger partial charge in [0, 0.05) is 4.83 Å². The minimum atomic E-state index is 0.318. The van der Waals surface area contributed by atoms with E-state index in [0.717, 1.165) is 0 Å². The van der Waals surface area contributed by atoms with E-state index in [9.17, 15) is 0 Å². The molecule has 5 heavy (non-hydrogen) atoms. The lowest BCUT2D eigenvalue weighted by atomic mass is 11.9. The molecule has 0 saturated heterocycles. The van der Waals surface area contributed by atoms with Crippen LogP contribution in [0.1, 0.15) is 0 Å². The van der Waals surface area contributed by atoms with E-state index >= 15 is 0 Å². The zero-order chi connectivity index (χ0) is 4.28. The van der Waals surface area contributed by atoms with Crippen LogP contribution in [0, 0.1) is 0 Å². The zero-order valence-electron chi connectivity index (χ0n) is 3.36. The van der Waals surface area contributed by atoms with Crippen LogP contribution in [0.2, 0.25) is 0 Å². The van der Waals surface area contributed by atoms with Gasteiger partial charge in [0.25, 0.3) is 0 Å². The van der Waals surface area contributed by atoms with Gasteiger partial charge in [0.2, 0.25) is 0 Å². The third-order valence-corrected chi connectivity index (χ3v) is 1.60. The van der Waals surface area contributed by atoms with Crippen LogP contribution in [0.4, 0.5) is 0 Å². The second-order valence-corrected chi connectivity index (χ2v) is 3.44. The van der Waals surface area contributed by atoms with Crippen molar-refractivity contribution in [1.82, 2.24) is 0 Å². The Kier molecular flexibility index (Phi) is 3.01. The molecule has 0 bridgehead atoms. The van der Waals surface area contributed by atoms with Gasteiger partial charge < -0.3 is 0 Å². The van der Waals surface area contributed by atoms with Crippen molar-refractivity contribution in [3.05, 3.63) is 0 Å². The molecule has 0 N–H and O–H groups in total. The number of halogens is 1. The van der Waals surface area contributed by atoms with E-state index < -0.39 is 0 Å². The van der Waals surface area contributed by atoms with E-state index in [1.807, 2.05) is 0 Å². The standard InChI is InChI=1S/C3H7ClS/c1-5(2)3-4/h3H,1-2H3. The van der Waals surface area contributed by atoms with Gasteiger partial charge >= 0.3 is 0 Å².